The molecule has 0 aliphatic rings. The molecule has 0 saturated heterocycles. The highest BCUT2D eigenvalue weighted by atomic mass is 31.2. The summed E-state index contributed by atoms with van der Waals surface area (Å²) in [6.07, 6.45) is 2.84. The molecule has 0 aliphatic carbocycles. The van der Waals surface area contributed by atoms with Crippen LogP contribution in [0.1, 0.15) is 33.1 Å². The molecule has 0 bridgehead atoms. The van der Waals surface area contributed by atoms with Crippen LogP contribution in [0.15, 0.2) is 0 Å². The Morgan fingerprint density at radius 2 is 1.64 bits per heavy atom. The SMILES string of the molecule is CCOP(=O)(CCCCCO)OCC. The highest BCUT2D eigenvalue weighted by Gasteiger charge is 2.22. The first kappa shape index (κ1) is 14.1. The van der Waals surface area contributed by atoms with E-state index >= 15 is 0 Å². The average molecular weight is 224 g/mol. The Hall–Kier alpha value is 0.110. The van der Waals surface area contributed by atoms with E-state index in [1.807, 2.05) is 0 Å². The lowest BCUT2D eigenvalue weighted by atomic mass is 10.3. The number of aliphatic hydroxyl groups excluding tert-OH is 1. The zero-order chi connectivity index (χ0) is 10.9. The van der Waals surface area contributed by atoms with Gasteiger partial charge < -0.3 is 14.2 Å². The van der Waals surface area contributed by atoms with Crippen LogP contribution in [0, 0.1) is 0 Å². The zero-order valence-corrected chi connectivity index (χ0v) is 9.96. The third kappa shape index (κ3) is 6.55. The van der Waals surface area contributed by atoms with Crippen molar-refractivity contribution in [3.05, 3.63) is 0 Å². The largest absolute Gasteiger partial charge is 0.396 e. The Morgan fingerprint density at radius 3 is 2.07 bits per heavy atom. The van der Waals surface area contributed by atoms with E-state index in [0.29, 0.717) is 19.4 Å². The van der Waals surface area contributed by atoms with Gasteiger partial charge in [0.05, 0.1) is 19.4 Å². The van der Waals surface area contributed by atoms with Crippen LogP contribution in [0.3, 0.4) is 0 Å². The molecule has 0 rings (SSSR count). The Bertz CT molecular complexity index is 162. The molecular weight excluding hydrogens is 203 g/mol. The minimum atomic E-state index is -2.84. The quantitative estimate of drug-likeness (QED) is 0.482. The van der Waals surface area contributed by atoms with Crippen LogP contribution in [0.25, 0.3) is 0 Å². The van der Waals surface area contributed by atoms with Gasteiger partial charge in [0.1, 0.15) is 0 Å². The van der Waals surface area contributed by atoms with E-state index in [1.54, 1.807) is 13.8 Å². The van der Waals surface area contributed by atoms with E-state index in [1.165, 1.54) is 0 Å². The molecular formula is C9H21O4P. The van der Waals surface area contributed by atoms with E-state index in [2.05, 4.69) is 0 Å². The predicted molar refractivity (Wildman–Crippen MR) is 56.7 cm³/mol. The lowest BCUT2D eigenvalue weighted by molar-refractivity contribution is 0.219. The van der Waals surface area contributed by atoms with Gasteiger partial charge in [0.25, 0.3) is 0 Å². The minimum Gasteiger partial charge on any atom is -0.396 e. The van der Waals surface area contributed by atoms with Gasteiger partial charge in [-0.1, -0.05) is 6.42 Å². The summed E-state index contributed by atoms with van der Waals surface area (Å²) in [5, 5.41) is 8.57. The van der Waals surface area contributed by atoms with Gasteiger partial charge in [-0.2, -0.15) is 0 Å². The van der Waals surface area contributed by atoms with E-state index in [0.717, 1.165) is 19.3 Å². The lowest BCUT2D eigenvalue weighted by Gasteiger charge is -2.16. The van der Waals surface area contributed by atoms with E-state index < -0.39 is 7.60 Å². The van der Waals surface area contributed by atoms with Crippen LogP contribution in [0.5, 0.6) is 0 Å². The predicted octanol–water partition coefficient (Wildman–Crippen LogP) is 2.42. The lowest BCUT2D eigenvalue weighted by Crippen LogP contribution is -2.00. The monoisotopic (exact) mass is 224 g/mol. The van der Waals surface area contributed by atoms with Gasteiger partial charge in [-0.05, 0) is 26.7 Å². The van der Waals surface area contributed by atoms with Crippen LogP contribution in [-0.2, 0) is 13.6 Å². The molecule has 0 heterocycles. The van der Waals surface area contributed by atoms with E-state index in [-0.39, 0.29) is 6.61 Å². The molecule has 0 unspecified atom stereocenters. The van der Waals surface area contributed by atoms with Crippen molar-refractivity contribution >= 4 is 7.60 Å². The molecule has 5 heteroatoms. The van der Waals surface area contributed by atoms with Crippen LogP contribution in [0.4, 0.5) is 0 Å². The maximum absolute atomic E-state index is 11.9. The summed E-state index contributed by atoms with van der Waals surface area (Å²) < 4.78 is 22.1. The Morgan fingerprint density at radius 1 is 1.07 bits per heavy atom. The molecule has 4 nitrogen and oxygen atoms in total. The molecule has 0 amide bonds. The summed E-state index contributed by atoms with van der Waals surface area (Å²) in [6.45, 7) is 4.63. The Labute approximate surface area is 86.1 Å². The molecule has 0 fully saturated rings. The third-order valence-electron chi connectivity index (χ3n) is 1.74. The fourth-order valence-corrected chi connectivity index (χ4v) is 2.88. The highest BCUT2D eigenvalue weighted by Crippen LogP contribution is 2.48. The number of hydrogen-bond acceptors (Lipinski definition) is 4. The smallest absolute Gasteiger partial charge is 0.330 e. The fraction of sp³-hybridized carbons (Fsp3) is 1.00. The number of hydrogen-bond donors (Lipinski definition) is 1. The van der Waals surface area contributed by atoms with Gasteiger partial charge in [-0.15, -0.1) is 0 Å². The topological polar surface area (TPSA) is 55.8 Å². The van der Waals surface area contributed by atoms with Crippen molar-refractivity contribution < 1.29 is 18.7 Å². The number of rotatable bonds is 9. The van der Waals surface area contributed by atoms with Crippen LogP contribution < -0.4 is 0 Å². The van der Waals surface area contributed by atoms with Gasteiger partial charge in [-0.25, -0.2) is 0 Å². The second-order valence-corrected chi connectivity index (χ2v) is 5.14. The maximum Gasteiger partial charge on any atom is 0.330 e. The van der Waals surface area contributed by atoms with Crippen molar-refractivity contribution in [3.8, 4) is 0 Å². The van der Waals surface area contributed by atoms with Crippen LogP contribution >= 0.6 is 7.60 Å². The van der Waals surface area contributed by atoms with E-state index in [9.17, 15) is 4.57 Å². The number of aliphatic hydroxyl groups is 1. The van der Waals surface area contributed by atoms with Gasteiger partial charge in [0.15, 0.2) is 0 Å². The van der Waals surface area contributed by atoms with Gasteiger partial charge >= 0.3 is 7.60 Å². The molecule has 1 N–H and O–H groups in total. The second kappa shape index (κ2) is 8.42. The number of unbranched alkanes of at least 4 members (excludes halogenated alkanes) is 2. The molecule has 0 aliphatic heterocycles. The third-order valence-corrected chi connectivity index (χ3v) is 3.91. The molecule has 0 aromatic carbocycles. The standard InChI is InChI=1S/C9H21O4P/c1-3-12-14(11,13-4-2)9-7-5-6-8-10/h10H,3-9H2,1-2H3. The molecule has 0 aromatic heterocycles. The van der Waals surface area contributed by atoms with Crippen molar-refractivity contribution in [2.75, 3.05) is 26.0 Å². The molecule has 86 valence electrons. The highest BCUT2D eigenvalue weighted by molar-refractivity contribution is 7.53. The molecule has 0 aromatic rings. The fourth-order valence-electron chi connectivity index (χ4n) is 1.15. The van der Waals surface area contributed by atoms with Crippen molar-refractivity contribution in [1.82, 2.24) is 0 Å². The first-order valence-electron chi connectivity index (χ1n) is 5.17. The van der Waals surface area contributed by atoms with Crippen LogP contribution in [-0.4, -0.2) is 31.1 Å². The second-order valence-electron chi connectivity index (χ2n) is 2.95. The molecule has 0 radical (unpaired) electrons. The summed E-state index contributed by atoms with van der Waals surface area (Å²) in [6, 6.07) is 0. The van der Waals surface area contributed by atoms with Crippen LogP contribution in [0.2, 0.25) is 0 Å². The first-order chi connectivity index (χ1) is 6.68. The molecule has 0 atom stereocenters. The summed E-state index contributed by atoms with van der Waals surface area (Å²) in [5.41, 5.74) is 0. The molecule has 14 heavy (non-hydrogen) atoms. The summed E-state index contributed by atoms with van der Waals surface area (Å²) in [4.78, 5) is 0. The van der Waals surface area contributed by atoms with Crippen molar-refractivity contribution in [2.24, 2.45) is 0 Å². The maximum atomic E-state index is 11.9. The minimum absolute atomic E-state index is 0.188. The molecule has 0 spiro atoms. The van der Waals surface area contributed by atoms with Crippen molar-refractivity contribution in [2.45, 2.75) is 33.1 Å². The van der Waals surface area contributed by atoms with Gasteiger partial charge in [0.2, 0.25) is 0 Å². The van der Waals surface area contributed by atoms with Gasteiger partial charge in [-0.3, -0.25) is 4.57 Å². The summed E-state index contributed by atoms with van der Waals surface area (Å²) in [7, 11) is -2.84. The Balaban J connectivity index is 3.78. The normalized spacial score (nSPS) is 11.9. The summed E-state index contributed by atoms with van der Waals surface area (Å²) >= 11 is 0. The van der Waals surface area contributed by atoms with Crippen molar-refractivity contribution in [3.63, 3.8) is 0 Å². The Kier molecular flexibility index (Phi) is 8.49. The van der Waals surface area contributed by atoms with Crippen molar-refractivity contribution in [1.29, 1.82) is 0 Å². The van der Waals surface area contributed by atoms with E-state index in [4.69, 9.17) is 14.2 Å². The first-order valence-corrected chi connectivity index (χ1v) is 6.90. The van der Waals surface area contributed by atoms with Gasteiger partial charge in [0, 0.05) is 6.61 Å². The average Bonchev–Trinajstić information content (AvgIpc) is 2.13. The molecule has 0 saturated carbocycles. The summed E-state index contributed by atoms with van der Waals surface area (Å²) in [5.74, 6) is 0. The zero-order valence-electron chi connectivity index (χ0n) is 9.07.